The van der Waals surface area contributed by atoms with E-state index in [4.69, 9.17) is 17.3 Å². The van der Waals surface area contributed by atoms with Gasteiger partial charge in [0.05, 0.1) is 11.2 Å². The van der Waals surface area contributed by atoms with Gasteiger partial charge in [0.2, 0.25) is 0 Å². The van der Waals surface area contributed by atoms with Gasteiger partial charge in [-0.15, -0.1) is 0 Å². The largest absolute Gasteiger partial charge is 0.383 e. The van der Waals surface area contributed by atoms with E-state index < -0.39 is 0 Å². The Balaban J connectivity index is 2.34. The van der Waals surface area contributed by atoms with Crippen LogP contribution in [0.25, 0.3) is 16.9 Å². The number of fused-ring (bicyclic) bond motifs is 1. The molecule has 0 fully saturated rings. The summed E-state index contributed by atoms with van der Waals surface area (Å²) in [7, 11) is 1.89. The van der Waals surface area contributed by atoms with Gasteiger partial charge in [-0.05, 0) is 19.1 Å². The Kier molecular flexibility index (Phi) is 2.31. The highest BCUT2D eigenvalue weighted by Gasteiger charge is 2.16. The zero-order valence-electron chi connectivity index (χ0n) is 10.1. The van der Waals surface area contributed by atoms with Crippen molar-refractivity contribution in [2.45, 2.75) is 6.92 Å². The first-order valence-corrected chi connectivity index (χ1v) is 5.88. The third-order valence-electron chi connectivity index (χ3n) is 3.13. The minimum Gasteiger partial charge on any atom is -0.383 e. The quantitative estimate of drug-likeness (QED) is 0.731. The van der Waals surface area contributed by atoms with Crippen molar-refractivity contribution >= 4 is 23.1 Å². The van der Waals surface area contributed by atoms with E-state index in [0.29, 0.717) is 22.2 Å². The fourth-order valence-corrected chi connectivity index (χ4v) is 2.19. The highest BCUT2D eigenvalue weighted by atomic mass is 35.5. The van der Waals surface area contributed by atoms with Crippen molar-refractivity contribution in [2.24, 2.45) is 7.05 Å². The van der Waals surface area contributed by atoms with Gasteiger partial charge in [0.25, 0.3) is 0 Å². The number of halogens is 1. The number of anilines is 1. The number of imidazole rings is 1. The van der Waals surface area contributed by atoms with Gasteiger partial charge >= 0.3 is 0 Å². The number of nitrogens with zero attached hydrogens (tertiary/aromatic N) is 4. The lowest BCUT2D eigenvalue weighted by Gasteiger charge is -1.99. The summed E-state index contributed by atoms with van der Waals surface area (Å²) in [5, 5.41) is 4.79. The Hall–Kier alpha value is -2.01. The van der Waals surface area contributed by atoms with Crippen LogP contribution in [0.15, 0.2) is 24.5 Å². The average Bonchev–Trinajstić information content (AvgIpc) is 2.84. The molecule has 6 heteroatoms. The second kappa shape index (κ2) is 3.74. The lowest BCUT2D eigenvalue weighted by atomic mass is 10.2. The Morgan fingerprint density at radius 1 is 1.39 bits per heavy atom. The second-order valence-corrected chi connectivity index (χ2v) is 4.57. The normalized spacial score (nSPS) is 11.3. The van der Waals surface area contributed by atoms with E-state index in [0.717, 1.165) is 11.3 Å². The predicted molar refractivity (Wildman–Crippen MR) is 71.6 cm³/mol. The van der Waals surface area contributed by atoms with Crippen LogP contribution in [-0.4, -0.2) is 19.2 Å². The van der Waals surface area contributed by atoms with E-state index in [9.17, 15) is 0 Å². The zero-order chi connectivity index (χ0) is 12.9. The Labute approximate surface area is 109 Å². The van der Waals surface area contributed by atoms with E-state index in [1.54, 1.807) is 21.3 Å². The molecule has 0 unspecified atom stereocenters. The molecule has 3 rings (SSSR count). The highest BCUT2D eigenvalue weighted by Crippen LogP contribution is 2.30. The molecule has 2 N–H and O–H groups in total. The molecule has 3 heterocycles. The summed E-state index contributed by atoms with van der Waals surface area (Å²) >= 11 is 6.12. The molecule has 0 amide bonds. The zero-order valence-corrected chi connectivity index (χ0v) is 10.8. The minimum atomic E-state index is 0.573. The summed E-state index contributed by atoms with van der Waals surface area (Å²) in [5.74, 6) is 0.573. The molecule has 0 aliphatic carbocycles. The molecule has 0 bridgehead atoms. The lowest BCUT2D eigenvalue weighted by molar-refractivity contribution is 0.740. The van der Waals surface area contributed by atoms with Crippen LogP contribution in [0.2, 0.25) is 5.02 Å². The summed E-state index contributed by atoms with van der Waals surface area (Å²) in [6, 6.07) is 3.64. The molecule has 3 aromatic rings. The van der Waals surface area contributed by atoms with Gasteiger partial charge in [0, 0.05) is 24.5 Å². The van der Waals surface area contributed by atoms with Crippen molar-refractivity contribution in [1.29, 1.82) is 0 Å². The number of aromatic nitrogens is 4. The molecular formula is C12H12ClN5. The summed E-state index contributed by atoms with van der Waals surface area (Å²) in [6.45, 7) is 1.98. The van der Waals surface area contributed by atoms with Crippen LogP contribution in [0.3, 0.4) is 0 Å². The Morgan fingerprint density at radius 2 is 2.17 bits per heavy atom. The van der Waals surface area contributed by atoms with Gasteiger partial charge < -0.3 is 5.73 Å². The molecular weight excluding hydrogens is 250 g/mol. The number of pyridine rings is 1. The third-order valence-corrected chi connectivity index (χ3v) is 3.42. The van der Waals surface area contributed by atoms with E-state index in [1.165, 1.54) is 0 Å². The molecule has 0 aliphatic heterocycles. The van der Waals surface area contributed by atoms with Gasteiger partial charge in [-0.3, -0.25) is 9.08 Å². The van der Waals surface area contributed by atoms with Crippen LogP contribution in [-0.2, 0) is 7.05 Å². The molecule has 5 nitrogen and oxygen atoms in total. The standard InChI is InChI=1S/C12H12ClN5/c1-7-8(6-15-17(7)2)10-11(14)18-5-3-4-9(13)12(18)16-10/h3-6H,14H2,1-2H3. The maximum Gasteiger partial charge on any atom is 0.157 e. The van der Waals surface area contributed by atoms with Crippen LogP contribution >= 0.6 is 11.6 Å². The van der Waals surface area contributed by atoms with Gasteiger partial charge in [-0.1, -0.05) is 11.6 Å². The number of hydrogen-bond acceptors (Lipinski definition) is 3. The molecule has 0 spiro atoms. The molecule has 0 aromatic carbocycles. The predicted octanol–water partition coefficient (Wildman–Crippen LogP) is 2.28. The summed E-state index contributed by atoms with van der Waals surface area (Å²) in [6.07, 6.45) is 3.61. The van der Waals surface area contributed by atoms with Crippen LogP contribution in [0, 0.1) is 6.92 Å². The molecule has 0 saturated carbocycles. The van der Waals surface area contributed by atoms with Crippen molar-refractivity contribution in [3.05, 3.63) is 35.2 Å². The van der Waals surface area contributed by atoms with Crippen molar-refractivity contribution < 1.29 is 0 Å². The molecule has 92 valence electrons. The van der Waals surface area contributed by atoms with Crippen LogP contribution in [0.1, 0.15) is 5.69 Å². The topological polar surface area (TPSA) is 61.1 Å². The molecule has 18 heavy (non-hydrogen) atoms. The van der Waals surface area contributed by atoms with Crippen molar-refractivity contribution in [3.63, 3.8) is 0 Å². The smallest absolute Gasteiger partial charge is 0.157 e. The van der Waals surface area contributed by atoms with Gasteiger partial charge in [0.15, 0.2) is 5.65 Å². The van der Waals surface area contributed by atoms with Crippen molar-refractivity contribution in [2.75, 3.05) is 5.73 Å². The maximum atomic E-state index is 6.12. The number of rotatable bonds is 1. The van der Waals surface area contributed by atoms with E-state index in [1.807, 2.05) is 26.2 Å². The van der Waals surface area contributed by atoms with Crippen LogP contribution in [0.4, 0.5) is 5.82 Å². The summed E-state index contributed by atoms with van der Waals surface area (Å²) < 4.78 is 3.57. The van der Waals surface area contributed by atoms with E-state index >= 15 is 0 Å². The number of aryl methyl sites for hydroxylation is 1. The highest BCUT2D eigenvalue weighted by molar-refractivity contribution is 6.33. The first kappa shape index (κ1) is 11.1. The van der Waals surface area contributed by atoms with E-state index in [-0.39, 0.29) is 0 Å². The van der Waals surface area contributed by atoms with Crippen LogP contribution < -0.4 is 5.73 Å². The minimum absolute atomic E-state index is 0.573. The second-order valence-electron chi connectivity index (χ2n) is 4.16. The number of nitrogen functional groups attached to an aromatic ring is 1. The fourth-order valence-electron chi connectivity index (χ4n) is 1.98. The average molecular weight is 262 g/mol. The molecule has 0 aliphatic rings. The van der Waals surface area contributed by atoms with Crippen molar-refractivity contribution in [3.8, 4) is 11.3 Å². The molecule has 3 aromatic heterocycles. The Morgan fingerprint density at radius 3 is 2.78 bits per heavy atom. The first-order valence-electron chi connectivity index (χ1n) is 5.50. The van der Waals surface area contributed by atoms with Gasteiger partial charge in [0.1, 0.15) is 11.5 Å². The van der Waals surface area contributed by atoms with E-state index in [2.05, 4.69) is 10.1 Å². The van der Waals surface area contributed by atoms with Gasteiger partial charge in [-0.25, -0.2) is 4.98 Å². The first-order chi connectivity index (χ1) is 8.59. The SMILES string of the molecule is Cc1c(-c2nc3c(Cl)cccn3c2N)cnn1C. The monoisotopic (exact) mass is 261 g/mol. The number of nitrogens with two attached hydrogens (primary N) is 1. The maximum absolute atomic E-state index is 6.12. The van der Waals surface area contributed by atoms with Gasteiger partial charge in [-0.2, -0.15) is 5.10 Å². The summed E-state index contributed by atoms with van der Waals surface area (Å²) in [5.41, 5.74) is 9.44. The molecule has 0 saturated heterocycles. The lowest BCUT2D eigenvalue weighted by Crippen LogP contribution is -1.95. The summed E-state index contributed by atoms with van der Waals surface area (Å²) in [4.78, 5) is 4.51. The molecule has 0 radical (unpaired) electrons. The molecule has 0 atom stereocenters. The van der Waals surface area contributed by atoms with Crippen molar-refractivity contribution in [1.82, 2.24) is 19.2 Å². The number of hydrogen-bond donors (Lipinski definition) is 1. The van der Waals surface area contributed by atoms with Crippen LogP contribution in [0.5, 0.6) is 0 Å². The third kappa shape index (κ3) is 1.41. The Bertz CT molecular complexity index is 740. The fraction of sp³-hybridized carbons (Fsp3) is 0.167.